The minimum Gasteiger partial charge on any atom is -0.497 e. The summed E-state index contributed by atoms with van der Waals surface area (Å²) in [4.78, 5) is 14.1. The topological polar surface area (TPSA) is 50.8 Å². The lowest BCUT2D eigenvalue weighted by molar-refractivity contribution is -0.118. The van der Waals surface area contributed by atoms with Crippen LogP contribution in [0.1, 0.15) is 13.3 Å². The molecule has 0 heterocycles. The summed E-state index contributed by atoms with van der Waals surface area (Å²) in [6.45, 7) is 4.53. The summed E-state index contributed by atoms with van der Waals surface area (Å²) in [6.07, 6.45) is 0.464. The first-order valence-electron chi connectivity index (χ1n) is 8.57. The van der Waals surface area contributed by atoms with Crippen molar-refractivity contribution in [3.63, 3.8) is 0 Å². The van der Waals surface area contributed by atoms with Gasteiger partial charge in [0.2, 0.25) is 5.91 Å². The van der Waals surface area contributed by atoms with Gasteiger partial charge in [0.15, 0.2) is 0 Å². The predicted molar refractivity (Wildman–Crippen MR) is 100 cm³/mol. The van der Waals surface area contributed by atoms with Gasteiger partial charge >= 0.3 is 0 Å². The van der Waals surface area contributed by atoms with E-state index in [1.807, 2.05) is 61.5 Å². The van der Waals surface area contributed by atoms with Crippen LogP contribution >= 0.6 is 0 Å². The quantitative estimate of drug-likeness (QED) is 0.674. The van der Waals surface area contributed by atoms with Crippen LogP contribution in [0.5, 0.6) is 11.5 Å². The maximum Gasteiger partial charge on any atom is 0.228 e. The molecule has 0 aliphatic heterocycles. The lowest BCUT2D eigenvalue weighted by Crippen LogP contribution is -2.33. The number of para-hydroxylation sites is 1. The molecule has 0 spiro atoms. The van der Waals surface area contributed by atoms with Gasteiger partial charge < -0.3 is 19.7 Å². The van der Waals surface area contributed by atoms with E-state index in [1.54, 1.807) is 12.0 Å². The van der Waals surface area contributed by atoms with E-state index in [1.165, 1.54) is 0 Å². The van der Waals surface area contributed by atoms with Crippen LogP contribution in [0, 0.1) is 0 Å². The van der Waals surface area contributed by atoms with Crippen molar-refractivity contribution >= 4 is 11.6 Å². The molecule has 1 N–H and O–H groups in total. The Hall–Kier alpha value is -2.53. The van der Waals surface area contributed by atoms with E-state index in [9.17, 15) is 4.79 Å². The van der Waals surface area contributed by atoms with E-state index in [4.69, 9.17) is 9.47 Å². The molecular weight excluding hydrogens is 316 g/mol. The first-order chi connectivity index (χ1) is 12.2. The number of anilines is 1. The van der Waals surface area contributed by atoms with Crippen molar-refractivity contribution in [2.45, 2.75) is 13.3 Å². The van der Waals surface area contributed by atoms with Gasteiger partial charge in [0.05, 0.1) is 7.11 Å². The van der Waals surface area contributed by atoms with E-state index in [-0.39, 0.29) is 5.91 Å². The molecule has 2 rings (SSSR count). The molecule has 2 aromatic rings. The molecule has 0 aliphatic rings. The van der Waals surface area contributed by atoms with E-state index in [0.29, 0.717) is 32.7 Å². The number of carbonyl (C=O) groups is 1. The number of hydrogen-bond acceptors (Lipinski definition) is 4. The maximum atomic E-state index is 12.3. The highest BCUT2D eigenvalue weighted by Crippen LogP contribution is 2.16. The minimum absolute atomic E-state index is 0.122. The van der Waals surface area contributed by atoms with Crippen molar-refractivity contribution in [1.29, 1.82) is 0 Å². The average Bonchev–Trinajstić information content (AvgIpc) is 2.66. The number of nitrogens with one attached hydrogen (secondary N) is 1. The van der Waals surface area contributed by atoms with Gasteiger partial charge in [-0.05, 0) is 43.3 Å². The normalized spacial score (nSPS) is 10.3. The summed E-state index contributed by atoms with van der Waals surface area (Å²) in [5.41, 5.74) is 0.942. The van der Waals surface area contributed by atoms with Gasteiger partial charge in [0.25, 0.3) is 0 Å². The Morgan fingerprint density at radius 1 is 1.00 bits per heavy atom. The number of amides is 1. The molecule has 0 radical (unpaired) electrons. The van der Waals surface area contributed by atoms with Crippen LogP contribution < -0.4 is 19.7 Å². The Labute approximate surface area is 149 Å². The number of benzene rings is 2. The molecule has 1 amide bonds. The van der Waals surface area contributed by atoms with Gasteiger partial charge in [0.1, 0.15) is 18.1 Å². The van der Waals surface area contributed by atoms with Crippen LogP contribution in [0.15, 0.2) is 54.6 Å². The van der Waals surface area contributed by atoms with Crippen molar-refractivity contribution in [3.8, 4) is 11.5 Å². The molecule has 0 saturated heterocycles. The minimum atomic E-state index is 0.122. The van der Waals surface area contributed by atoms with Crippen LogP contribution in [0.3, 0.4) is 0 Å². The second kappa shape index (κ2) is 10.4. The fraction of sp³-hybridized carbons (Fsp3) is 0.350. The highest BCUT2D eigenvalue weighted by molar-refractivity contribution is 5.93. The maximum absolute atomic E-state index is 12.3. The largest absolute Gasteiger partial charge is 0.497 e. The fourth-order valence-corrected chi connectivity index (χ4v) is 2.48. The van der Waals surface area contributed by atoms with E-state index < -0.39 is 0 Å². The lowest BCUT2D eigenvalue weighted by atomic mass is 10.2. The second-order valence-electron chi connectivity index (χ2n) is 5.50. The first-order valence-corrected chi connectivity index (χ1v) is 8.57. The third kappa shape index (κ3) is 6.12. The Balaban J connectivity index is 1.64. The van der Waals surface area contributed by atoms with Gasteiger partial charge in [0, 0.05) is 31.7 Å². The number of hydrogen-bond donors (Lipinski definition) is 1. The third-order valence-electron chi connectivity index (χ3n) is 3.81. The highest BCUT2D eigenvalue weighted by Gasteiger charge is 2.12. The molecule has 0 aromatic heterocycles. The van der Waals surface area contributed by atoms with E-state index in [0.717, 1.165) is 17.2 Å². The molecule has 25 heavy (non-hydrogen) atoms. The number of nitrogens with zero attached hydrogens (tertiary/aromatic N) is 1. The van der Waals surface area contributed by atoms with Crippen molar-refractivity contribution < 1.29 is 14.3 Å². The molecular formula is C20H26N2O3. The summed E-state index contributed by atoms with van der Waals surface area (Å²) < 4.78 is 10.7. The van der Waals surface area contributed by atoms with E-state index >= 15 is 0 Å². The van der Waals surface area contributed by atoms with Crippen molar-refractivity contribution in [2.24, 2.45) is 0 Å². The number of ether oxygens (including phenoxy) is 2. The number of rotatable bonds is 10. The molecule has 0 fully saturated rings. The van der Waals surface area contributed by atoms with Gasteiger partial charge in [-0.25, -0.2) is 0 Å². The molecule has 5 nitrogen and oxygen atoms in total. The summed E-state index contributed by atoms with van der Waals surface area (Å²) in [5, 5.41) is 3.24. The van der Waals surface area contributed by atoms with Crippen LogP contribution in [0.2, 0.25) is 0 Å². The molecule has 0 atom stereocenters. The molecule has 0 aliphatic carbocycles. The first kappa shape index (κ1) is 18.8. The summed E-state index contributed by atoms with van der Waals surface area (Å²) in [6, 6.07) is 17.2. The molecule has 0 bridgehead atoms. The Kier molecular flexibility index (Phi) is 7.79. The van der Waals surface area contributed by atoms with Crippen molar-refractivity contribution in [2.75, 3.05) is 38.3 Å². The molecule has 2 aromatic carbocycles. The zero-order valence-electron chi connectivity index (χ0n) is 14.9. The molecule has 0 unspecified atom stereocenters. The number of methoxy groups -OCH3 is 1. The predicted octanol–water partition coefficient (Wildman–Crippen LogP) is 3.11. The van der Waals surface area contributed by atoms with Crippen LogP contribution in [-0.2, 0) is 4.79 Å². The van der Waals surface area contributed by atoms with Crippen molar-refractivity contribution in [3.05, 3.63) is 54.6 Å². The van der Waals surface area contributed by atoms with Crippen LogP contribution in [-0.4, -0.2) is 39.3 Å². The van der Waals surface area contributed by atoms with Crippen molar-refractivity contribution in [1.82, 2.24) is 5.32 Å². The van der Waals surface area contributed by atoms with Gasteiger partial charge in [-0.3, -0.25) is 4.79 Å². The monoisotopic (exact) mass is 342 g/mol. The average molecular weight is 342 g/mol. The summed E-state index contributed by atoms with van der Waals surface area (Å²) in [7, 11) is 1.64. The van der Waals surface area contributed by atoms with Gasteiger partial charge in [-0.2, -0.15) is 0 Å². The van der Waals surface area contributed by atoms with Gasteiger partial charge in [-0.15, -0.1) is 0 Å². The second-order valence-corrected chi connectivity index (χ2v) is 5.50. The van der Waals surface area contributed by atoms with Crippen LogP contribution in [0.4, 0.5) is 5.69 Å². The zero-order chi connectivity index (χ0) is 17.9. The molecule has 0 saturated carbocycles. The Morgan fingerprint density at radius 2 is 1.68 bits per heavy atom. The molecule has 5 heteroatoms. The summed E-state index contributed by atoms with van der Waals surface area (Å²) in [5.74, 6) is 1.74. The smallest absolute Gasteiger partial charge is 0.228 e. The summed E-state index contributed by atoms with van der Waals surface area (Å²) >= 11 is 0. The standard InChI is InChI=1S/C20H26N2O3/c1-3-22(17-7-5-4-6-8-17)20(23)13-14-21-15-16-25-19-11-9-18(24-2)10-12-19/h4-12,21H,3,13-16H2,1-2H3. The highest BCUT2D eigenvalue weighted by atomic mass is 16.5. The Bertz CT molecular complexity index is 629. The number of carbonyl (C=O) groups excluding carboxylic acids is 1. The molecule has 134 valence electrons. The van der Waals surface area contributed by atoms with Crippen LogP contribution in [0.25, 0.3) is 0 Å². The lowest BCUT2D eigenvalue weighted by Gasteiger charge is -2.21. The SMILES string of the molecule is CCN(C(=O)CCNCCOc1ccc(OC)cc1)c1ccccc1. The Morgan fingerprint density at radius 3 is 2.32 bits per heavy atom. The fourth-order valence-electron chi connectivity index (χ4n) is 2.48. The zero-order valence-corrected chi connectivity index (χ0v) is 14.9. The van der Waals surface area contributed by atoms with E-state index in [2.05, 4.69) is 5.32 Å². The van der Waals surface area contributed by atoms with Gasteiger partial charge in [-0.1, -0.05) is 18.2 Å². The third-order valence-corrected chi connectivity index (χ3v) is 3.81.